The smallest absolute Gasteiger partial charge is 0.323 e. The molecule has 30 heavy (non-hydrogen) atoms. The van der Waals surface area contributed by atoms with Crippen molar-refractivity contribution in [2.75, 3.05) is 22.1 Å². The number of H-pyrrole nitrogens is 1. The quantitative estimate of drug-likeness (QED) is 0.413. The standard InChI is InChI=1S/C23H20ClN5O/c24-16-6-8-17(9-7-16)27-23(30)28-20-4-1-5-21-19(20)10-12-29(21)14-15-13-26-22-18(15)3-2-11-25-22/h1-9,11,13H,10,12,14H2,(H,25,26)(H2,27,28,30)/i14D2. The second kappa shape index (κ2) is 7.72. The molecule has 6 nitrogen and oxygen atoms in total. The zero-order chi connectivity index (χ0) is 22.3. The molecule has 1 aliphatic heterocycles. The number of fused-ring (bicyclic) bond motifs is 2. The minimum Gasteiger partial charge on any atom is -0.367 e. The van der Waals surface area contributed by atoms with Crippen molar-refractivity contribution in [2.45, 2.75) is 12.9 Å². The molecular weight excluding hydrogens is 398 g/mol. The van der Waals surface area contributed by atoms with Gasteiger partial charge in [-0.3, -0.25) is 0 Å². The van der Waals surface area contributed by atoms with Crippen LogP contribution in [0.25, 0.3) is 11.0 Å². The van der Waals surface area contributed by atoms with Crippen LogP contribution in [0.3, 0.4) is 0 Å². The Morgan fingerprint density at radius 3 is 2.90 bits per heavy atom. The van der Waals surface area contributed by atoms with Crippen molar-refractivity contribution in [1.82, 2.24) is 9.97 Å². The van der Waals surface area contributed by atoms with E-state index in [-0.39, 0.29) is 6.03 Å². The Labute approximate surface area is 181 Å². The van der Waals surface area contributed by atoms with Gasteiger partial charge in [0.2, 0.25) is 0 Å². The average Bonchev–Trinajstić information content (AvgIpc) is 3.41. The minimum atomic E-state index is -1.75. The summed E-state index contributed by atoms with van der Waals surface area (Å²) in [5, 5.41) is 7.03. The molecule has 3 N–H and O–H groups in total. The van der Waals surface area contributed by atoms with Gasteiger partial charge in [0.1, 0.15) is 5.65 Å². The molecule has 2 amide bonds. The predicted octanol–water partition coefficient (Wildman–Crippen LogP) is 5.42. The number of amides is 2. The molecule has 2 aromatic carbocycles. The molecule has 0 saturated heterocycles. The van der Waals surface area contributed by atoms with Crippen LogP contribution < -0.4 is 15.5 Å². The molecule has 0 spiro atoms. The Hall–Kier alpha value is -3.51. The van der Waals surface area contributed by atoms with E-state index in [1.807, 2.05) is 24.3 Å². The molecule has 0 atom stereocenters. The van der Waals surface area contributed by atoms with Crippen LogP contribution in [0.2, 0.25) is 5.02 Å². The first-order chi connectivity index (χ1) is 15.4. The van der Waals surface area contributed by atoms with Gasteiger partial charge >= 0.3 is 6.03 Å². The van der Waals surface area contributed by atoms with Crippen LogP contribution in [-0.2, 0) is 12.9 Å². The van der Waals surface area contributed by atoms with E-state index in [0.717, 1.165) is 16.6 Å². The molecule has 7 heteroatoms. The largest absolute Gasteiger partial charge is 0.367 e. The SMILES string of the molecule is [2H]C([2H])(c1c[nH]c2ncccc12)N1CCc2c(NC(=O)Nc3ccc(Cl)cc3)cccc21. The highest BCUT2D eigenvalue weighted by Crippen LogP contribution is 2.35. The number of hydrogen-bond acceptors (Lipinski definition) is 3. The van der Waals surface area contributed by atoms with Gasteiger partial charge < -0.3 is 20.5 Å². The van der Waals surface area contributed by atoms with Crippen LogP contribution >= 0.6 is 11.6 Å². The highest BCUT2D eigenvalue weighted by Gasteiger charge is 2.23. The van der Waals surface area contributed by atoms with Crippen molar-refractivity contribution >= 4 is 45.7 Å². The van der Waals surface area contributed by atoms with Crippen molar-refractivity contribution in [3.63, 3.8) is 0 Å². The molecule has 0 aliphatic carbocycles. The van der Waals surface area contributed by atoms with E-state index in [0.29, 0.717) is 40.6 Å². The van der Waals surface area contributed by atoms with Crippen LogP contribution in [0.5, 0.6) is 0 Å². The maximum absolute atomic E-state index is 12.5. The van der Waals surface area contributed by atoms with E-state index >= 15 is 0 Å². The molecule has 4 aromatic rings. The van der Waals surface area contributed by atoms with Gasteiger partial charge in [-0.2, -0.15) is 0 Å². The third-order valence-corrected chi connectivity index (χ3v) is 5.34. The van der Waals surface area contributed by atoms with Gasteiger partial charge in [0.25, 0.3) is 0 Å². The number of hydrogen-bond donors (Lipinski definition) is 3. The van der Waals surface area contributed by atoms with Crippen LogP contribution in [0, 0.1) is 0 Å². The lowest BCUT2D eigenvalue weighted by Crippen LogP contribution is -2.20. The van der Waals surface area contributed by atoms with Crippen LogP contribution in [-0.4, -0.2) is 22.5 Å². The van der Waals surface area contributed by atoms with Crippen LogP contribution in [0.15, 0.2) is 67.0 Å². The first kappa shape index (κ1) is 16.3. The summed E-state index contributed by atoms with van der Waals surface area (Å²) in [6, 6.07) is 15.7. The molecule has 150 valence electrons. The number of nitrogens with one attached hydrogen (secondary N) is 3. The van der Waals surface area contributed by atoms with Crippen molar-refractivity contribution < 1.29 is 7.54 Å². The minimum absolute atomic E-state index is 0.370. The summed E-state index contributed by atoms with van der Waals surface area (Å²) in [5.41, 5.74) is 4.14. The number of urea groups is 1. The van der Waals surface area contributed by atoms with Crippen molar-refractivity contribution in [2.24, 2.45) is 0 Å². The molecule has 5 rings (SSSR count). The number of aromatic amines is 1. The maximum atomic E-state index is 12.5. The van der Waals surface area contributed by atoms with E-state index in [2.05, 4.69) is 20.6 Å². The van der Waals surface area contributed by atoms with Gasteiger partial charge in [0.05, 0.1) is 2.74 Å². The first-order valence-corrected chi connectivity index (χ1v) is 9.97. The molecule has 0 radical (unpaired) electrons. The van der Waals surface area contributed by atoms with Gasteiger partial charge in [0.15, 0.2) is 0 Å². The van der Waals surface area contributed by atoms with Gasteiger partial charge in [-0.25, -0.2) is 9.78 Å². The lowest BCUT2D eigenvalue weighted by molar-refractivity contribution is 0.262. The van der Waals surface area contributed by atoms with Crippen molar-refractivity contribution in [1.29, 1.82) is 0 Å². The number of anilines is 3. The number of nitrogens with zero attached hydrogens (tertiary/aromatic N) is 2. The summed E-state index contributed by atoms with van der Waals surface area (Å²) in [5.74, 6) is 0. The van der Waals surface area contributed by atoms with Gasteiger partial charge in [0, 0.05) is 58.5 Å². The second-order valence-corrected chi connectivity index (χ2v) is 7.44. The molecule has 0 unspecified atom stereocenters. The fraction of sp³-hybridized carbons (Fsp3) is 0.130. The molecule has 1 aliphatic rings. The zero-order valence-electron chi connectivity index (χ0n) is 17.9. The van der Waals surface area contributed by atoms with Gasteiger partial charge in [-0.15, -0.1) is 0 Å². The summed E-state index contributed by atoms with van der Waals surface area (Å²) in [6.45, 7) is -1.26. The van der Waals surface area contributed by atoms with E-state index in [1.54, 1.807) is 47.6 Å². The number of rotatable bonds is 4. The maximum Gasteiger partial charge on any atom is 0.323 e. The Bertz CT molecular complexity index is 1310. The fourth-order valence-corrected chi connectivity index (χ4v) is 3.81. The number of aromatic nitrogens is 2. The van der Waals surface area contributed by atoms with E-state index < -0.39 is 6.50 Å². The summed E-state index contributed by atoms with van der Waals surface area (Å²) in [6.07, 6.45) is 3.97. The fourth-order valence-electron chi connectivity index (χ4n) is 3.68. The molecule has 0 saturated carbocycles. The number of carbonyl (C=O) groups is 1. The first-order valence-electron chi connectivity index (χ1n) is 10.6. The Morgan fingerprint density at radius 2 is 2.03 bits per heavy atom. The van der Waals surface area contributed by atoms with E-state index in [4.69, 9.17) is 14.3 Å². The van der Waals surface area contributed by atoms with Gasteiger partial charge in [-0.05, 0) is 60.5 Å². The zero-order valence-corrected chi connectivity index (χ0v) is 16.7. The average molecular weight is 420 g/mol. The molecular formula is C23H20ClN5O. The highest BCUT2D eigenvalue weighted by molar-refractivity contribution is 6.30. The molecule has 3 heterocycles. The number of benzene rings is 2. The van der Waals surface area contributed by atoms with Crippen molar-refractivity contribution in [3.05, 3.63) is 83.1 Å². The number of halogens is 1. The third kappa shape index (κ3) is 3.57. The second-order valence-electron chi connectivity index (χ2n) is 7.00. The summed E-state index contributed by atoms with van der Waals surface area (Å²) in [4.78, 5) is 21.6. The number of carbonyl (C=O) groups excluding carboxylic acids is 1. The molecule has 0 bridgehead atoms. The summed E-state index contributed by atoms with van der Waals surface area (Å²) < 4.78 is 17.8. The summed E-state index contributed by atoms with van der Waals surface area (Å²) >= 11 is 5.89. The highest BCUT2D eigenvalue weighted by atomic mass is 35.5. The number of pyridine rings is 1. The lowest BCUT2D eigenvalue weighted by Gasteiger charge is -2.19. The molecule has 0 fully saturated rings. The monoisotopic (exact) mass is 419 g/mol. The Morgan fingerprint density at radius 1 is 1.17 bits per heavy atom. The van der Waals surface area contributed by atoms with Crippen molar-refractivity contribution in [3.8, 4) is 0 Å². The Balaban J connectivity index is 1.41. The predicted molar refractivity (Wildman–Crippen MR) is 121 cm³/mol. The van der Waals surface area contributed by atoms with Gasteiger partial charge in [-0.1, -0.05) is 17.7 Å². The Kier molecular flexibility index (Phi) is 4.20. The van der Waals surface area contributed by atoms with E-state index in [1.165, 1.54) is 0 Å². The molecule has 2 aromatic heterocycles. The van der Waals surface area contributed by atoms with Crippen LogP contribution in [0.4, 0.5) is 21.9 Å². The lowest BCUT2D eigenvalue weighted by atomic mass is 10.1. The van der Waals surface area contributed by atoms with Crippen LogP contribution in [0.1, 0.15) is 13.9 Å². The third-order valence-electron chi connectivity index (χ3n) is 5.08. The normalized spacial score (nSPS) is 14.2. The topological polar surface area (TPSA) is 73.0 Å². The van der Waals surface area contributed by atoms with E-state index in [9.17, 15) is 4.79 Å². The summed E-state index contributed by atoms with van der Waals surface area (Å²) in [7, 11) is 0.